The molecule has 0 saturated carbocycles. The number of methoxy groups -OCH3 is 2. The summed E-state index contributed by atoms with van der Waals surface area (Å²) in [6.45, 7) is 4.90. The van der Waals surface area contributed by atoms with E-state index in [1.807, 2.05) is 19.2 Å². The smallest absolute Gasteiger partial charge is 0.161 e. The molecule has 0 unspecified atom stereocenters. The topological polar surface area (TPSA) is 41.9 Å². The van der Waals surface area contributed by atoms with Crippen LogP contribution >= 0.6 is 15.9 Å². The third kappa shape index (κ3) is 5.01. The Morgan fingerprint density at radius 1 is 1.21 bits per heavy atom. The zero-order chi connectivity index (χ0) is 14.6. The van der Waals surface area contributed by atoms with Gasteiger partial charge in [0.15, 0.2) is 11.5 Å². The Morgan fingerprint density at radius 2 is 1.74 bits per heavy atom. The molecule has 0 bridgehead atoms. The molecule has 0 aliphatic heterocycles. The van der Waals surface area contributed by atoms with Crippen molar-refractivity contribution in [1.82, 2.24) is 4.90 Å². The van der Waals surface area contributed by atoms with E-state index in [4.69, 9.17) is 9.47 Å². The summed E-state index contributed by atoms with van der Waals surface area (Å²) < 4.78 is 11.5. The minimum absolute atomic E-state index is 0.591. The lowest BCUT2D eigenvalue weighted by molar-refractivity contribution is 0.0424. The van der Waals surface area contributed by atoms with Crippen LogP contribution in [0.2, 0.25) is 0 Å². The number of benzene rings is 1. The predicted octanol–water partition coefficient (Wildman–Crippen LogP) is 2.67. The number of nitrogens with zero attached hydrogens (tertiary/aromatic N) is 1. The molecule has 1 aromatic carbocycles. The first kappa shape index (κ1) is 16.3. The molecule has 1 rings (SSSR count). The van der Waals surface area contributed by atoms with Crippen LogP contribution in [0.25, 0.3) is 0 Å². The Kier molecular flexibility index (Phi) is 5.64. The summed E-state index contributed by atoms with van der Waals surface area (Å²) in [7, 11) is 5.21. The summed E-state index contributed by atoms with van der Waals surface area (Å²) >= 11 is 3.53. The zero-order valence-corrected chi connectivity index (χ0v) is 13.7. The maximum absolute atomic E-state index is 9.82. The molecule has 0 spiro atoms. The first-order valence-corrected chi connectivity index (χ1v) is 6.87. The van der Waals surface area contributed by atoms with Crippen LogP contribution in [0.3, 0.4) is 0 Å². The lowest BCUT2D eigenvalue weighted by atomic mass is 10.1. The highest BCUT2D eigenvalue weighted by Crippen LogP contribution is 2.33. The van der Waals surface area contributed by atoms with Crippen molar-refractivity contribution < 1.29 is 14.6 Å². The molecule has 1 N–H and O–H groups in total. The van der Waals surface area contributed by atoms with E-state index in [0.717, 1.165) is 10.0 Å². The summed E-state index contributed by atoms with van der Waals surface area (Å²) in [5.74, 6) is 1.40. The SMILES string of the molecule is COc1cc(Br)c(CN(C)CC(C)(C)O)cc1OC. The van der Waals surface area contributed by atoms with Crippen molar-refractivity contribution in [3.8, 4) is 11.5 Å². The van der Waals surface area contributed by atoms with Gasteiger partial charge < -0.3 is 14.6 Å². The molecule has 0 fully saturated rings. The Hall–Kier alpha value is -0.780. The van der Waals surface area contributed by atoms with E-state index in [1.54, 1.807) is 28.1 Å². The van der Waals surface area contributed by atoms with Crippen molar-refractivity contribution in [3.05, 3.63) is 22.2 Å². The third-order valence-electron chi connectivity index (χ3n) is 2.65. The minimum atomic E-state index is -0.711. The molecule has 4 nitrogen and oxygen atoms in total. The van der Waals surface area contributed by atoms with Gasteiger partial charge in [-0.25, -0.2) is 0 Å². The fourth-order valence-corrected chi connectivity index (χ4v) is 2.47. The molecule has 0 radical (unpaired) electrons. The summed E-state index contributed by atoms with van der Waals surface area (Å²) in [5, 5.41) is 9.82. The van der Waals surface area contributed by atoms with E-state index in [0.29, 0.717) is 24.6 Å². The van der Waals surface area contributed by atoms with Crippen molar-refractivity contribution in [1.29, 1.82) is 0 Å². The van der Waals surface area contributed by atoms with Crippen LogP contribution in [0, 0.1) is 0 Å². The molecule has 0 saturated heterocycles. The second-order valence-electron chi connectivity index (χ2n) is 5.28. The summed E-state index contributed by atoms with van der Waals surface area (Å²) in [6, 6.07) is 3.84. The van der Waals surface area contributed by atoms with Gasteiger partial charge in [0.05, 0.1) is 19.8 Å². The number of halogens is 1. The molecule has 0 aliphatic rings. The van der Waals surface area contributed by atoms with Gasteiger partial charge in [0.1, 0.15) is 0 Å². The minimum Gasteiger partial charge on any atom is -0.493 e. The third-order valence-corrected chi connectivity index (χ3v) is 3.39. The van der Waals surface area contributed by atoms with E-state index in [2.05, 4.69) is 20.8 Å². The van der Waals surface area contributed by atoms with Crippen LogP contribution in [0.1, 0.15) is 19.4 Å². The standard InChI is InChI=1S/C14H22BrNO3/c1-14(2,17)9-16(3)8-10-6-12(18-4)13(19-5)7-11(10)15/h6-7,17H,8-9H2,1-5H3. The Bertz CT molecular complexity index is 429. The van der Waals surface area contributed by atoms with Gasteiger partial charge >= 0.3 is 0 Å². The van der Waals surface area contributed by atoms with Gasteiger partial charge in [0, 0.05) is 17.6 Å². The number of hydrogen-bond donors (Lipinski definition) is 1. The van der Waals surface area contributed by atoms with Gasteiger partial charge in [-0.05, 0) is 38.6 Å². The molecule has 19 heavy (non-hydrogen) atoms. The second kappa shape index (κ2) is 6.59. The van der Waals surface area contributed by atoms with E-state index in [-0.39, 0.29) is 0 Å². The summed E-state index contributed by atoms with van der Waals surface area (Å²) in [6.07, 6.45) is 0. The van der Waals surface area contributed by atoms with Crippen LogP contribution in [0.5, 0.6) is 11.5 Å². The highest BCUT2D eigenvalue weighted by molar-refractivity contribution is 9.10. The van der Waals surface area contributed by atoms with E-state index < -0.39 is 5.60 Å². The van der Waals surface area contributed by atoms with Crippen LogP contribution in [0.4, 0.5) is 0 Å². The molecule has 0 heterocycles. The van der Waals surface area contributed by atoms with Crippen LogP contribution in [0.15, 0.2) is 16.6 Å². The number of ether oxygens (including phenoxy) is 2. The molecular weight excluding hydrogens is 310 g/mol. The Balaban J connectivity index is 2.89. The number of rotatable bonds is 6. The van der Waals surface area contributed by atoms with Gasteiger partial charge in [-0.2, -0.15) is 0 Å². The van der Waals surface area contributed by atoms with E-state index >= 15 is 0 Å². The van der Waals surface area contributed by atoms with Crippen molar-refractivity contribution in [2.45, 2.75) is 26.0 Å². The Morgan fingerprint density at radius 3 is 2.21 bits per heavy atom. The number of likely N-dealkylation sites (N-methyl/N-ethyl adjacent to an activating group) is 1. The predicted molar refractivity (Wildman–Crippen MR) is 79.9 cm³/mol. The lowest BCUT2D eigenvalue weighted by Crippen LogP contribution is -2.35. The highest BCUT2D eigenvalue weighted by atomic mass is 79.9. The average molecular weight is 332 g/mol. The first-order chi connectivity index (χ1) is 8.76. The van der Waals surface area contributed by atoms with Gasteiger partial charge in [-0.15, -0.1) is 0 Å². The molecule has 0 atom stereocenters. The summed E-state index contributed by atoms with van der Waals surface area (Å²) in [4.78, 5) is 2.06. The normalized spacial score (nSPS) is 11.8. The fraction of sp³-hybridized carbons (Fsp3) is 0.571. The number of hydrogen-bond acceptors (Lipinski definition) is 4. The van der Waals surface area contributed by atoms with Crippen LogP contribution in [-0.4, -0.2) is 43.4 Å². The zero-order valence-electron chi connectivity index (χ0n) is 12.2. The maximum Gasteiger partial charge on any atom is 0.161 e. The largest absolute Gasteiger partial charge is 0.493 e. The molecule has 5 heteroatoms. The second-order valence-corrected chi connectivity index (χ2v) is 6.14. The Labute approximate surface area is 123 Å². The van der Waals surface area contributed by atoms with Gasteiger partial charge in [-0.1, -0.05) is 15.9 Å². The fourth-order valence-electron chi connectivity index (χ4n) is 2.02. The van der Waals surface area contributed by atoms with Gasteiger partial charge in [-0.3, -0.25) is 4.90 Å². The summed E-state index contributed by atoms with van der Waals surface area (Å²) in [5.41, 5.74) is 0.377. The average Bonchev–Trinajstić information content (AvgIpc) is 2.28. The van der Waals surface area contributed by atoms with Gasteiger partial charge in [0.2, 0.25) is 0 Å². The monoisotopic (exact) mass is 331 g/mol. The van der Waals surface area contributed by atoms with Crippen LogP contribution < -0.4 is 9.47 Å². The first-order valence-electron chi connectivity index (χ1n) is 6.08. The molecule has 108 valence electrons. The van der Waals surface area contributed by atoms with Gasteiger partial charge in [0.25, 0.3) is 0 Å². The maximum atomic E-state index is 9.82. The van der Waals surface area contributed by atoms with Crippen molar-refractivity contribution in [2.75, 3.05) is 27.8 Å². The highest BCUT2D eigenvalue weighted by Gasteiger charge is 2.17. The lowest BCUT2D eigenvalue weighted by Gasteiger charge is -2.26. The number of aliphatic hydroxyl groups is 1. The molecule has 0 amide bonds. The van der Waals surface area contributed by atoms with E-state index in [1.165, 1.54) is 0 Å². The van der Waals surface area contributed by atoms with E-state index in [9.17, 15) is 5.11 Å². The molecule has 0 aromatic heterocycles. The van der Waals surface area contributed by atoms with Crippen molar-refractivity contribution in [2.24, 2.45) is 0 Å². The molecular formula is C14H22BrNO3. The molecule has 1 aromatic rings. The quantitative estimate of drug-likeness (QED) is 0.870. The molecule has 0 aliphatic carbocycles. The van der Waals surface area contributed by atoms with Crippen LogP contribution in [-0.2, 0) is 6.54 Å². The van der Waals surface area contributed by atoms with Crippen molar-refractivity contribution >= 4 is 15.9 Å². The van der Waals surface area contributed by atoms with Crippen molar-refractivity contribution in [3.63, 3.8) is 0 Å².